The van der Waals surface area contributed by atoms with Crippen molar-refractivity contribution in [2.45, 2.75) is 59.8 Å². The molecule has 1 saturated heterocycles. The van der Waals surface area contributed by atoms with Gasteiger partial charge in [-0.25, -0.2) is 26.4 Å². The number of hydrogen-bond donors (Lipinski definition) is 2. The molecule has 0 atom stereocenters. The summed E-state index contributed by atoms with van der Waals surface area (Å²) < 4.78 is 55.8. The smallest absolute Gasteiger partial charge is 0.407 e. The predicted octanol–water partition coefficient (Wildman–Crippen LogP) is 2.89. The van der Waals surface area contributed by atoms with E-state index >= 15 is 0 Å². The van der Waals surface area contributed by atoms with Gasteiger partial charge in [0.05, 0.1) is 14.7 Å². The molecule has 0 aliphatic carbocycles. The first-order valence-electron chi connectivity index (χ1n) is 10.4. The first kappa shape index (κ1) is 22.8. The predicted molar refractivity (Wildman–Crippen MR) is 118 cm³/mol. The molecular weight excluding hydrogens is 452 g/mol. The van der Waals surface area contributed by atoms with Gasteiger partial charge in [0.25, 0.3) is 0 Å². The van der Waals surface area contributed by atoms with Crippen LogP contribution >= 0.6 is 0 Å². The number of carboxylic acid groups (broad SMARTS) is 1. The average Bonchev–Trinajstić information content (AvgIpc) is 2.72. The maximum Gasteiger partial charge on any atom is 0.407 e. The van der Waals surface area contributed by atoms with Crippen molar-refractivity contribution in [1.82, 2.24) is 9.62 Å². The van der Waals surface area contributed by atoms with E-state index in [0.29, 0.717) is 29.5 Å². The topological polar surface area (TPSA) is 121 Å². The first-order valence-corrected chi connectivity index (χ1v) is 13.3. The summed E-state index contributed by atoms with van der Waals surface area (Å²) in [6, 6.07) is 9.32. The molecule has 0 unspecified atom stereocenters. The monoisotopic (exact) mass is 478 g/mol. The molecule has 32 heavy (non-hydrogen) atoms. The molecule has 1 amide bonds. The van der Waals surface area contributed by atoms with Crippen LogP contribution in [0.4, 0.5) is 4.79 Å². The molecule has 8 nitrogen and oxygen atoms in total. The lowest BCUT2D eigenvalue weighted by molar-refractivity contribution is 0.131. The summed E-state index contributed by atoms with van der Waals surface area (Å²) >= 11 is 0. The summed E-state index contributed by atoms with van der Waals surface area (Å²) in [5.74, 6) is 0. The SMILES string of the molecule is Cc1cc2c(cc1S(=O)(=O)NC1CCN(C(=O)O)CC1)S(=O)(=O)c1ccccc1C2(C)C. The van der Waals surface area contributed by atoms with Gasteiger partial charge >= 0.3 is 6.09 Å². The number of piperidine rings is 1. The Morgan fingerprint density at radius 2 is 1.72 bits per heavy atom. The molecule has 0 radical (unpaired) electrons. The van der Waals surface area contributed by atoms with E-state index in [1.54, 1.807) is 37.3 Å². The minimum absolute atomic E-state index is 0.00729. The zero-order valence-electron chi connectivity index (χ0n) is 18.1. The van der Waals surface area contributed by atoms with Gasteiger partial charge in [-0.3, -0.25) is 0 Å². The Labute approximate surface area is 188 Å². The van der Waals surface area contributed by atoms with Crippen molar-refractivity contribution < 1.29 is 26.7 Å². The molecule has 2 aliphatic rings. The Balaban J connectivity index is 1.74. The minimum Gasteiger partial charge on any atom is -0.465 e. The van der Waals surface area contributed by atoms with E-state index < -0.39 is 37.4 Å². The van der Waals surface area contributed by atoms with Crippen LogP contribution < -0.4 is 4.72 Å². The van der Waals surface area contributed by atoms with E-state index in [4.69, 9.17) is 5.11 Å². The lowest BCUT2D eigenvalue weighted by Crippen LogP contribution is -2.46. The molecule has 172 valence electrons. The van der Waals surface area contributed by atoms with Crippen molar-refractivity contribution in [3.05, 3.63) is 53.1 Å². The van der Waals surface area contributed by atoms with Gasteiger partial charge in [-0.05, 0) is 48.6 Å². The number of sulfonamides is 1. The van der Waals surface area contributed by atoms with Crippen LogP contribution in [0.3, 0.4) is 0 Å². The second kappa shape index (κ2) is 7.57. The summed E-state index contributed by atoms with van der Waals surface area (Å²) in [7, 11) is -7.89. The molecule has 0 spiro atoms. The zero-order chi connectivity index (χ0) is 23.5. The molecule has 2 aliphatic heterocycles. The normalized spacial score (nSPS) is 19.8. The van der Waals surface area contributed by atoms with Crippen molar-refractivity contribution >= 4 is 26.0 Å². The van der Waals surface area contributed by atoms with Crippen molar-refractivity contribution in [2.75, 3.05) is 13.1 Å². The second-order valence-electron chi connectivity index (χ2n) is 8.90. The van der Waals surface area contributed by atoms with Crippen LogP contribution in [-0.4, -0.2) is 52.1 Å². The number of amides is 1. The van der Waals surface area contributed by atoms with E-state index in [9.17, 15) is 21.6 Å². The third-order valence-corrected chi connectivity index (χ3v) is 9.98. The summed E-state index contributed by atoms with van der Waals surface area (Å²) in [5.41, 5.74) is 1.11. The van der Waals surface area contributed by atoms with Gasteiger partial charge in [0, 0.05) is 24.5 Å². The van der Waals surface area contributed by atoms with Crippen LogP contribution in [0, 0.1) is 6.92 Å². The van der Waals surface area contributed by atoms with Gasteiger partial charge in [-0.15, -0.1) is 0 Å². The molecule has 2 heterocycles. The van der Waals surface area contributed by atoms with Crippen LogP contribution in [0.5, 0.6) is 0 Å². The van der Waals surface area contributed by atoms with Gasteiger partial charge in [0.2, 0.25) is 19.9 Å². The first-order chi connectivity index (χ1) is 14.9. The van der Waals surface area contributed by atoms with Crippen molar-refractivity contribution in [3.8, 4) is 0 Å². The number of fused-ring (bicyclic) bond motifs is 2. The number of benzene rings is 2. The maximum atomic E-state index is 13.4. The zero-order valence-corrected chi connectivity index (χ0v) is 19.8. The van der Waals surface area contributed by atoms with Gasteiger partial charge in [0.15, 0.2) is 0 Å². The lowest BCUT2D eigenvalue weighted by atomic mass is 9.77. The van der Waals surface area contributed by atoms with Crippen molar-refractivity contribution in [3.63, 3.8) is 0 Å². The standard InChI is InChI=1S/C22H26N2O6S2/c1-14-12-17-20(31(27,28)18-7-5-4-6-16(18)22(17,2)3)13-19(14)32(29,30)23-15-8-10-24(11-9-15)21(25)26/h4-7,12-13,15,23H,8-11H2,1-3H3,(H,25,26). The number of likely N-dealkylation sites (tertiary alicyclic amines) is 1. The highest BCUT2D eigenvalue weighted by Gasteiger charge is 2.41. The molecule has 0 bridgehead atoms. The summed E-state index contributed by atoms with van der Waals surface area (Å²) in [4.78, 5) is 12.5. The van der Waals surface area contributed by atoms with Gasteiger partial charge in [-0.2, -0.15) is 0 Å². The minimum atomic E-state index is -4.01. The summed E-state index contributed by atoms with van der Waals surface area (Å²) in [5, 5.41) is 9.08. The van der Waals surface area contributed by atoms with E-state index in [-0.39, 0.29) is 27.8 Å². The fraction of sp³-hybridized carbons (Fsp3) is 0.409. The van der Waals surface area contributed by atoms with Crippen LogP contribution in [0.2, 0.25) is 0 Å². The molecule has 10 heteroatoms. The Kier molecular flexibility index (Phi) is 5.38. The third kappa shape index (κ3) is 3.60. The number of aryl methyl sites for hydroxylation is 1. The highest BCUT2D eigenvalue weighted by atomic mass is 32.2. The Morgan fingerprint density at radius 1 is 1.09 bits per heavy atom. The van der Waals surface area contributed by atoms with Crippen molar-refractivity contribution in [1.29, 1.82) is 0 Å². The second-order valence-corrected chi connectivity index (χ2v) is 12.5. The average molecular weight is 479 g/mol. The van der Waals surface area contributed by atoms with Crippen LogP contribution in [0.25, 0.3) is 0 Å². The fourth-order valence-electron chi connectivity index (χ4n) is 4.62. The van der Waals surface area contributed by atoms with E-state index in [0.717, 1.165) is 0 Å². The molecule has 0 aromatic heterocycles. The number of rotatable bonds is 3. The maximum absolute atomic E-state index is 13.4. The van der Waals surface area contributed by atoms with Crippen LogP contribution in [0.1, 0.15) is 43.4 Å². The highest BCUT2D eigenvalue weighted by Crippen LogP contribution is 2.46. The van der Waals surface area contributed by atoms with Gasteiger partial charge in [-0.1, -0.05) is 38.1 Å². The van der Waals surface area contributed by atoms with E-state index in [2.05, 4.69) is 4.72 Å². The summed E-state index contributed by atoms with van der Waals surface area (Å²) in [6.07, 6.45) is -0.312. The van der Waals surface area contributed by atoms with Crippen molar-refractivity contribution in [2.24, 2.45) is 0 Å². The number of nitrogens with zero attached hydrogens (tertiary/aromatic N) is 1. The Bertz CT molecular complexity index is 1310. The molecule has 4 rings (SSSR count). The van der Waals surface area contributed by atoms with E-state index in [1.807, 2.05) is 13.8 Å². The largest absolute Gasteiger partial charge is 0.465 e. The molecular formula is C22H26N2O6S2. The molecule has 2 aromatic rings. The molecule has 2 N–H and O–H groups in total. The van der Waals surface area contributed by atoms with Crippen LogP contribution in [-0.2, 0) is 25.3 Å². The number of nitrogens with one attached hydrogen (secondary N) is 1. The molecule has 0 saturated carbocycles. The lowest BCUT2D eigenvalue weighted by Gasteiger charge is -2.35. The number of sulfone groups is 1. The highest BCUT2D eigenvalue weighted by molar-refractivity contribution is 7.92. The van der Waals surface area contributed by atoms with Gasteiger partial charge in [0.1, 0.15) is 0 Å². The molecule has 1 fully saturated rings. The fourth-order valence-corrected chi connectivity index (χ4v) is 8.24. The van der Waals surface area contributed by atoms with Crippen LogP contribution in [0.15, 0.2) is 51.1 Å². The number of hydrogen-bond acceptors (Lipinski definition) is 5. The quantitative estimate of drug-likeness (QED) is 0.700. The molecule has 2 aromatic carbocycles. The Hall–Kier alpha value is -2.43. The Morgan fingerprint density at radius 3 is 2.34 bits per heavy atom. The summed E-state index contributed by atoms with van der Waals surface area (Å²) in [6.45, 7) is 6.00. The van der Waals surface area contributed by atoms with Gasteiger partial charge < -0.3 is 10.0 Å². The third-order valence-electron chi connectivity index (χ3n) is 6.47. The van der Waals surface area contributed by atoms with E-state index in [1.165, 1.54) is 11.0 Å². The number of carbonyl (C=O) groups is 1.